The van der Waals surface area contributed by atoms with E-state index in [1.54, 1.807) is 7.05 Å². The molecule has 0 aliphatic carbocycles. The number of aliphatic imine (C=N–C) groups is 1. The first-order valence-corrected chi connectivity index (χ1v) is 9.55. The minimum Gasteiger partial charge on any atom is -0.361 e. The Kier molecular flexibility index (Phi) is 7.08. The van der Waals surface area contributed by atoms with Crippen molar-refractivity contribution in [1.29, 1.82) is 0 Å². The number of halogens is 1. The summed E-state index contributed by atoms with van der Waals surface area (Å²) in [5.74, 6) is 1.73. The molecule has 0 atom stereocenters. The van der Waals surface area contributed by atoms with E-state index in [9.17, 15) is 0 Å². The van der Waals surface area contributed by atoms with Crippen molar-refractivity contribution < 1.29 is 0 Å². The van der Waals surface area contributed by atoms with E-state index in [-0.39, 0.29) is 24.0 Å². The molecule has 0 amide bonds. The number of hydrogen-bond acceptors (Lipinski definition) is 3. The highest BCUT2D eigenvalue weighted by Gasteiger charge is 2.07. The third-order valence-corrected chi connectivity index (χ3v) is 4.93. The maximum absolute atomic E-state index is 4.31. The number of aryl methyl sites for hydroxylation is 1. The molecule has 4 rings (SSSR count). The van der Waals surface area contributed by atoms with Crippen LogP contribution in [-0.4, -0.2) is 45.7 Å². The monoisotopic (exact) mass is 503 g/mol. The van der Waals surface area contributed by atoms with Crippen LogP contribution in [0.1, 0.15) is 17.0 Å². The predicted octanol–water partition coefficient (Wildman–Crippen LogP) is 3.09. The number of pyridine rings is 1. The predicted molar refractivity (Wildman–Crippen MR) is 128 cm³/mol. The molecule has 29 heavy (non-hydrogen) atoms. The number of nitrogens with one attached hydrogen (secondary N) is 3. The van der Waals surface area contributed by atoms with Crippen LogP contribution in [0.2, 0.25) is 0 Å². The summed E-state index contributed by atoms with van der Waals surface area (Å²) in [5.41, 5.74) is 4.69. The van der Waals surface area contributed by atoms with Crippen molar-refractivity contribution in [3.63, 3.8) is 0 Å². The third-order valence-electron chi connectivity index (χ3n) is 4.93. The molecule has 152 valence electrons. The number of guanidine groups is 1. The van der Waals surface area contributed by atoms with Gasteiger partial charge in [-0.25, -0.2) is 0 Å². The van der Waals surface area contributed by atoms with E-state index in [2.05, 4.69) is 62.1 Å². The maximum atomic E-state index is 4.31. The van der Waals surface area contributed by atoms with E-state index in [4.69, 9.17) is 0 Å². The molecule has 0 spiro atoms. The highest BCUT2D eigenvalue weighted by Crippen LogP contribution is 2.22. The minimum absolute atomic E-state index is 0. The van der Waals surface area contributed by atoms with E-state index in [1.807, 2.05) is 28.8 Å². The molecule has 8 heteroatoms. The second kappa shape index (κ2) is 9.73. The van der Waals surface area contributed by atoms with Crippen LogP contribution in [0.15, 0.2) is 53.8 Å². The molecule has 3 N–H and O–H groups in total. The molecular weight excluding hydrogens is 477 g/mol. The Labute approximate surface area is 187 Å². The number of hydrogen-bond donors (Lipinski definition) is 3. The van der Waals surface area contributed by atoms with Crippen molar-refractivity contribution in [3.05, 3.63) is 65.7 Å². The molecule has 0 bridgehead atoms. The van der Waals surface area contributed by atoms with Crippen LogP contribution in [0, 0.1) is 6.92 Å². The average Bonchev–Trinajstić information content (AvgIpc) is 3.32. The van der Waals surface area contributed by atoms with Crippen LogP contribution in [-0.2, 0) is 12.8 Å². The molecule has 0 aliphatic rings. The SMILES string of the molecule is CN=C(NCCc1c[nH]c2cccc(C)c12)NCCc1nnc2ccccn12.I. The van der Waals surface area contributed by atoms with Crippen molar-refractivity contribution in [2.24, 2.45) is 4.99 Å². The van der Waals surface area contributed by atoms with Crippen LogP contribution < -0.4 is 10.6 Å². The first-order valence-electron chi connectivity index (χ1n) is 9.55. The fourth-order valence-electron chi connectivity index (χ4n) is 3.54. The van der Waals surface area contributed by atoms with Crippen LogP contribution >= 0.6 is 24.0 Å². The zero-order valence-corrected chi connectivity index (χ0v) is 19.0. The molecule has 0 unspecified atom stereocenters. The molecule has 3 aromatic heterocycles. The lowest BCUT2D eigenvalue weighted by Crippen LogP contribution is -2.39. The van der Waals surface area contributed by atoms with E-state index in [1.165, 1.54) is 22.0 Å². The Morgan fingerprint density at radius 3 is 2.72 bits per heavy atom. The van der Waals surface area contributed by atoms with Gasteiger partial charge in [-0.05, 0) is 42.7 Å². The molecule has 7 nitrogen and oxygen atoms in total. The lowest BCUT2D eigenvalue weighted by atomic mass is 10.1. The van der Waals surface area contributed by atoms with Crippen LogP contribution in [0.4, 0.5) is 0 Å². The van der Waals surface area contributed by atoms with Gasteiger partial charge in [-0.2, -0.15) is 0 Å². The Balaban J connectivity index is 0.00000240. The van der Waals surface area contributed by atoms with Crippen molar-refractivity contribution >= 4 is 46.5 Å². The largest absolute Gasteiger partial charge is 0.361 e. The van der Waals surface area contributed by atoms with Gasteiger partial charge >= 0.3 is 0 Å². The number of aromatic nitrogens is 4. The number of aromatic amines is 1. The van der Waals surface area contributed by atoms with Crippen molar-refractivity contribution in [2.45, 2.75) is 19.8 Å². The van der Waals surface area contributed by atoms with Gasteiger partial charge in [0.1, 0.15) is 5.82 Å². The summed E-state index contributed by atoms with van der Waals surface area (Å²) >= 11 is 0. The minimum atomic E-state index is 0. The van der Waals surface area contributed by atoms with Gasteiger partial charge in [0.05, 0.1) is 0 Å². The fraction of sp³-hybridized carbons (Fsp3) is 0.286. The molecule has 0 fully saturated rings. The first kappa shape index (κ1) is 21.1. The van der Waals surface area contributed by atoms with Gasteiger partial charge in [0, 0.05) is 49.9 Å². The van der Waals surface area contributed by atoms with Gasteiger partial charge in [0.15, 0.2) is 11.6 Å². The van der Waals surface area contributed by atoms with E-state index in [0.29, 0.717) is 0 Å². The molecule has 1 aromatic carbocycles. The topological polar surface area (TPSA) is 82.4 Å². The summed E-state index contributed by atoms with van der Waals surface area (Å²) in [5, 5.41) is 16.5. The van der Waals surface area contributed by atoms with E-state index in [0.717, 1.165) is 43.4 Å². The molecule has 0 radical (unpaired) electrons. The summed E-state index contributed by atoms with van der Waals surface area (Å²) in [7, 11) is 1.79. The summed E-state index contributed by atoms with van der Waals surface area (Å²) < 4.78 is 2.01. The van der Waals surface area contributed by atoms with Crippen LogP contribution in [0.25, 0.3) is 16.6 Å². The highest BCUT2D eigenvalue weighted by molar-refractivity contribution is 14.0. The van der Waals surface area contributed by atoms with Gasteiger partial charge in [0.25, 0.3) is 0 Å². The third kappa shape index (κ3) is 4.69. The number of nitrogens with zero attached hydrogens (tertiary/aromatic N) is 4. The standard InChI is InChI=1S/C21H25N7.HI/c1-15-6-5-7-17-20(15)16(14-25-17)9-11-23-21(22-2)24-12-10-19-27-26-18-8-3-4-13-28(18)19;/h3-8,13-14,25H,9-12H2,1-2H3,(H2,22,23,24);1H. The Bertz CT molecular complexity index is 1110. The fourth-order valence-corrected chi connectivity index (χ4v) is 3.54. The maximum Gasteiger partial charge on any atom is 0.191 e. The lowest BCUT2D eigenvalue weighted by Gasteiger charge is -2.11. The van der Waals surface area contributed by atoms with E-state index >= 15 is 0 Å². The molecule has 3 heterocycles. The highest BCUT2D eigenvalue weighted by atomic mass is 127. The van der Waals surface area contributed by atoms with Gasteiger partial charge in [-0.1, -0.05) is 18.2 Å². The van der Waals surface area contributed by atoms with Gasteiger partial charge in [-0.3, -0.25) is 9.39 Å². The zero-order valence-electron chi connectivity index (χ0n) is 16.6. The second-order valence-corrected chi connectivity index (χ2v) is 6.78. The average molecular weight is 503 g/mol. The smallest absolute Gasteiger partial charge is 0.191 e. The second-order valence-electron chi connectivity index (χ2n) is 6.78. The van der Waals surface area contributed by atoms with Crippen molar-refractivity contribution in [2.75, 3.05) is 20.1 Å². The number of rotatable bonds is 6. The quantitative estimate of drug-likeness (QED) is 0.215. The summed E-state index contributed by atoms with van der Waals surface area (Å²) in [4.78, 5) is 7.67. The van der Waals surface area contributed by atoms with E-state index < -0.39 is 0 Å². The molecular formula is C21H26IN7. The van der Waals surface area contributed by atoms with Crippen molar-refractivity contribution in [3.8, 4) is 0 Å². The number of benzene rings is 1. The molecule has 0 aliphatic heterocycles. The molecule has 0 saturated carbocycles. The molecule has 4 aromatic rings. The van der Waals surface area contributed by atoms with Gasteiger partial charge in [0.2, 0.25) is 0 Å². The Hall–Kier alpha value is -2.62. The Morgan fingerprint density at radius 2 is 1.90 bits per heavy atom. The van der Waals surface area contributed by atoms with Gasteiger partial charge in [-0.15, -0.1) is 34.2 Å². The number of H-pyrrole nitrogens is 1. The normalized spacial score (nSPS) is 11.6. The lowest BCUT2D eigenvalue weighted by molar-refractivity contribution is 0.757. The summed E-state index contributed by atoms with van der Waals surface area (Å²) in [6, 6.07) is 12.3. The summed E-state index contributed by atoms with van der Waals surface area (Å²) in [6.45, 7) is 3.71. The van der Waals surface area contributed by atoms with Gasteiger partial charge < -0.3 is 15.6 Å². The Morgan fingerprint density at radius 1 is 1.07 bits per heavy atom. The summed E-state index contributed by atoms with van der Waals surface area (Å²) in [6.07, 6.45) is 5.79. The van der Waals surface area contributed by atoms with Crippen LogP contribution in [0.5, 0.6) is 0 Å². The first-order chi connectivity index (χ1) is 13.8. The van der Waals surface area contributed by atoms with Crippen molar-refractivity contribution in [1.82, 2.24) is 30.2 Å². The number of fused-ring (bicyclic) bond motifs is 2. The zero-order chi connectivity index (χ0) is 19.3. The van der Waals surface area contributed by atoms with Crippen LogP contribution in [0.3, 0.4) is 0 Å². The molecule has 0 saturated heterocycles.